The summed E-state index contributed by atoms with van der Waals surface area (Å²) in [6.07, 6.45) is 2.82. The van der Waals surface area contributed by atoms with Crippen molar-refractivity contribution in [1.82, 2.24) is 20.2 Å². The van der Waals surface area contributed by atoms with Gasteiger partial charge in [-0.05, 0) is 25.9 Å². The van der Waals surface area contributed by atoms with Gasteiger partial charge in [0.15, 0.2) is 5.69 Å². The van der Waals surface area contributed by atoms with Crippen molar-refractivity contribution >= 4 is 11.6 Å². The van der Waals surface area contributed by atoms with E-state index in [4.69, 9.17) is 0 Å². The van der Waals surface area contributed by atoms with Crippen molar-refractivity contribution in [2.75, 3.05) is 39.0 Å². The van der Waals surface area contributed by atoms with Crippen molar-refractivity contribution in [3.63, 3.8) is 0 Å². The molecule has 1 atom stereocenters. The molecule has 2 heterocycles. The van der Waals surface area contributed by atoms with Crippen LogP contribution in [0.5, 0.6) is 0 Å². The number of aromatic nitrogens is 2. The highest BCUT2D eigenvalue weighted by molar-refractivity contribution is 5.97. The zero-order chi connectivity index (χ0) is 15.4. The molecule has 6 heteroatoms. The molecular weight excluding hydrogens is 266 g/mol. The smallest absolute Gasteiger partial charge is 0.272 e. The van der Waals surface area contributed by atoms with Crippen LogP contribution < -0.4 is 10.6 Å². The summed E-state index contributed by atoms with van der Waals surface area (Å²) < 4.78 is 0. The van der Waals surface area contributed by atoms with E-state index in [2.05, 4.69) is 32.5 Å². The molecule has 116 valence electrons. The molecule has 0 spiro atoms. The summed E-state index contributed by atoms with van der Waals surface area (Å²) in [5, 5.41) is 5.99. The molecule has 21 heavy (non-hydrogen) atoms. The van der Waals surface area contributed by atoms with Gasteiger partial charge in [0.1, 0.15) is 5.82 Å². The molecule has 0 radical (unpaired) electrons. The molecule has 1 unspecified atom stereocenters. The standard InChI is InChI=1S/C15H25N5O/c1-10(2)14-17-8-12(16-3)13(19-14)15(21)18-7-11-5-6-20(4)9-11/h8,10-11,16H,5-7,9H2,1-4H3,(H,18,21). The fourth-order valence-electron chi connectivity index (χ4n) is 2.54. The Kier molecular flexibility index (Phi) is 5.12. The van der Waals surface area contributed by atoms with Crippen molar-refractivity contribution in [2.24, 2.45) is 5.92 Å². The van der Waals surface area contributed by atoms with E-state index < -0.39 is 0 Å². The predicted molar refractivity (Wildman–Crippen MR) is 83.6 cm³/mol. The van der Waals surface area contributed by atoms with Crippen LogP contribution in [0, 0.1) is 5.92 Å². The number of nitrogens with one attached hydrogen (secondary N) is 2. The minimum atomic E-state index is -0.127. The lowest BCUT2D eigenvalue weighted by molar-refractivity contribution is 0.0943. The number of anilines is 1. The summed E-state index contributed by atoms with van der Waals surface area (Å²) in [7, 11) is 3.89. The minimum absolute atomic E-state index is 0.127. The molecule has 1 fully saturated rings. The highest BCUT2D eigenvalue weighted by atomic mass is 16.1. The van der Waals surface area contributed by atoms with E-state index in [0.29, 0.717) is 29.7 Å². The molecule has 2 N–H and O–H groups in total. The number of hydrogen-bond acceptors (Lipinski definition) is 5. The van der Waals surface area contributed by atoms with Gasteiger partial charge in [-0.25, -0.2) is 9.97 Å². The molecule has 1 amide bonds. The third-order valence-electron chi connectivity index (χ3n) is 3.85. The lowest BCUT2D eigenvalue weighted by Crippen LogP contribution is -2.31. The summed E-state index contributed by atoms with van der Waals surface area (Å²) in [6.45, 7) is 6.88. The highest BCUT2D eigenvalue weighted by Gasteiger charge is 2.21. The van der Waals surface area contributed by atoms with Crippen LogP contribution in [0.3, 0.4) is 0 Å². The molecular formula is C15H25N5O. The van der Waals surface area contributed by atoms with Crippen LogP contribution >= 0.6 is 0 Å². The fraction of sp³-hybridized carbons (Fsp3) is 0.667. The Morgan fingerprint density at radius 2 is 2.29 bits per heavy atom. The van der Waals surface area contributed by atoms with Gasteiger partial charge >= 0.3 is 0 Å². The SMILES string of the molecule is CNc1cnc(C(C)C)nc1C(=O)NCC1CCN(C)C1. The first-order chi connectivity index (χ1) is 10.0. The van der Waals surface area contributed by atoms with Gasteiger partial charge in [0.05, 0.1) is 11.9 Å². The quantitative estimate of drug-likeness (QED) is 0.856. The summed E-state index contributed by atoms with van der Waals surface area (Å²) in [4.78, 5) is 23.4. The van der Waals surface area contributed by atoms with Crippen LogP contribution in [0.1, 0.15) is 42.5 Å². The molecule has 0 saturated carbocycles. The molecule has 0 aromatic carbocycles. The van der Waals surface area contributed by atoms with Crippen LogP contribution in [0.4, 0.5) is 5.69 Å². The van der Waals surface area contributed by atoms with E-state index in [0.717, 1.165) is 19.5 Å². The first-order valence-electron chi connectivity index (χ1n) is 7.52. The predicted octanol–water partition coefficient (Wildman–Crippen LogP) is 1.32. The second-order valence-electron chi connectivity index (χ2n) is 6.02. The zero-order valence-corrected chi connectivity index (χ0v) is 13.3. The maximum Gasteiger partial charge on any atom is 0.272 e. The highest BCUT2D eigenvalue weighted by Crippen LogP contribution is 2.17. The Balaban J connectivity index is 2.05. The second kappa shape index (κ2) is 6.85. The minimum Gasteiger partial charge on any atom is -0.385 e. The lowest BCUT2D eigenvalue weighted by atomic mass is 10.1. The van der Waals surface area contributed by atoms with Crippen molar-refractivity contribution in [2.45, 2.75) is 26.2 Å². The van der Waals surface area contributed by atoms with E-state index in [1.807, 2.05) is 13.8 Å². The van der Waals surface area contributed by atoms with Gasteiger partial charge in [0, 0.05) is 26.1 Å². The Hall–Kier alpha value is -1.69. The molecule has 1 aromatic rings. The summed E-state index contributed by atoms with van der Waals surface area (Å²) in [6, 6.07) is 0. The Morgan fingerprint density at radius 1 is 1.52 bits per heavy atom. The van der Waals surface area contributed by atoms with Gasteiger partial charge in [0.25, 0.3) is 5.91 Å². The summed E-state index contributed by atoms with van der Waals surface area (Å²) in [5.41, 5.74) is 1.10. The zero-order valence-electron chi connectivity index (χ0n) is 13.3. The molecule has 1 aliphatic heterocycles. The molecule has 1 saturated heterocycles. The van der Waals surface area contributed by atoms with Crippen LogP contribution in [0.25, 0.3) is 0 Å². The topological polar surface area (TPSA) is 70.1 Å². The number of rotatable bonds is 5. The van der Waals surface area contributed by atoms with Crippen LogP contribution in [0.15, 0.2) is 6.20 Å². The Labute approximate surface area is 126 Å². The number of carbonyl (C=O) groups is 1. The van der Waals surface area contributed by atoms with Gasteiger partial charge in [-0.3, -0.25) is 4.79 Å². The van der Waals surface area contributed by atoms with Crippen molar-refractivity contribution in [3.05, 3.63) is 17.7 Å². The maximum atomic E-state index is 12.4. The van der Waals surface area contributed by atoms with E-state index in [1.165, 1.54) is 0 Å². The van der Waals surface area contributed by atoms with E-state index in [1.54, 1.807) is 13.2 Å². The Bertz CT molecular complexity index is 503. The number of nitrogens with zero attached hydrogens (tertiary/aromatic N) is 3. The largest absolute Gasteiger partial charge is 0.385 e. The Morgan fingerprint density at radius 3 is 2.86 bits per heavy atom. The van der Waals surface area contributed by atoms with Gasteiger partial charge < -0.3 is 15.5 Å². The van der Waals surface area contributed by atoms with Gasteiger partial charge in [-0.15, -0.1) is 0 Å². The number of hydrogen-bond donors (Lipinski definition) is 2. The number of likely N-dealkylation sites (tertiary alicyclic amines) is 1. The molecule has 0 bridgehead atoms. The summed E-state index contributed by atoms with van der Waals surface area (Å²) >= 11 is 0. The van der Waals surface area contributed by atoms with Crippen molar-refractivity contribution in [3.8, 4) is 0 Å². The second-order valence-corrected chi connectivity index (χ2v) is 6.02. The van der Waals surface area contributed by atoms with Crippen LogP contribution in [0.2, 0.25) is 0 Å². The van der Waals surface area contributed by atoms with Crippen LogP contribution in [-0.2, 0) is 0 Å². The molecule has 0 aliphatic carbocycles. The molecule has 6 nitrogen and oxygen atoms in total. The first kappa shape index (κ1) is 15.7. The summed E-state index contributed by atoms with van der Waals surface area (Å²) in [5.74, 6) is 1.30. The average molecular weight is 291 g/mol. The monoisotopic (exact) mass is 291 g/mol. The number of amides is 1. The van der Waals surface area contributed by atoms with E-state index in [9.17, 15) is 4.79 Å². The van der Waals surface area contributed by atoms with E-state index >= 15 is 0 Å². The molecule has 2 rings (SSSR count). The van der Waals surface area contributed by atoms with Crippen molar-refractivity contribution in [1.29, 1.82) is 0 Å². The van der Waals surface area contributed by atoms with Crippen LogP contribution in [-0.4, -0.2) is 54.5 Å². The average Bonchev–Trinajstić information content (AvgIpc) is 2.89. The molecule has 1 aromatic heterocycles. The van der Waals surface area contributed by atoms with Gasteiger partial charge in [-0.2, -0.15) is 0 Å². The first-order valence-corrected chi connectivity index (χ1v) is 7.52. The lowest BCUT2D eigenvalue weighted by Gasteiger charge is -2.14. The normalized spacial score (nSPS) is 19.0. The maximum absolute atomic E-state index is 12.4. The van der Waals surface area contributed by atoms with Gasteiger partial charge in [-0.1, -0.05) is 13.8 Å². The van der Waals surface area contributed by atoms with E-state index in [-0.39, 0.29) is 11.8 Å². The number of carbonyl (C=O) groups excluding carboxylic acids is 1. The third-order valence-corrected chi connectivity index (χ3v) is 3.85. The molecule has 1 aliphatic rings. The third kappa shape index (κ3) is 3.91. The fourth-order valence-corrected chi connectivity index (χ4v) is 2.54. The van der Waals surface area contributed by atoms with Gasteiger partial charge in [0.2, 0.25) is 0 Å². The van der Waals surface area contributed by atoms with Crippen molar-refractivity contribution < 1.29 is 4.79 Å².